The highest BCUT2D eigenvalue weighted by molar-refractivity contribution is 7.14. The number of piperidine rings is 1. The third-order valence-corrected chi connectivity index (χ3v) is 6.90. The molecule has 1 saturated heterocycles. The number of pyridine rings is 1. The lowest BCUT2D eigenvalue weighted by Crippen LogP contribution is -2.46. The van der Waals surface area contributed by atoms with Crippen LogP contribution >= 0.6 is 22.9 Å². The molecule has 14 heteroatoms. The minimum atomic E-state index is -4.86. The number of nitrogens with one attached hydrogen (secondary N) is 1. The van der Waals surface area contributed by atoms with Crippen LogP contribution in [-0.2, 0) is 11.0 Å². The lowest BCUT2D eigenvalue weighted by molar-refractivity contribution is -0.143. The highest BCUT2D eigenvalue weighted by Gasteiger charge is 2.36. The van der Waals surface area contributed by atoms with Crippen molar-refractivity contribution in [1.82, 2.24) is 9.97 Å². The molecule has 196 valence electrons. The van der Waals surface area contributed by atoms with Crippen molar-refractivity contribution < 1.29 is 37.4 Å². The van der Waals surface area contributed by atoms with E-state index in [0.717, 1.165) is 23.5 Å². The Bertz CT molecular complexity index is 1340. The number of halogens is 5. The summed E-state index contributed by atoms with van der Waals surface area (Å²) >= 11 is 7.24. The number of aromatic nitrogens is 2. The molecule has 1 fully saturated rings. The topological polar surface area (TPSA) is 116 Å². The fourth-order valence-corrected chi connectivity index (χ4v) is 4.94. The molecule has 1 aromatic carbocycles. The summed E-state index contributed by atoms with van der Waals surface area (Å²) in [6, 6.07) is 4.24. The molecule has 8 nitrogen and oxygen atoms in total. The summed E-state index contributed by atoms with van der Waals surface area (Å²) in [5, 5.41) is 23.3. The van der Waals surface area contributed by atoms with E-state index < -0.39 is 35.0 Å². The molecule has 2 aromatic heterocycles. The zero-order chi connectivity index (χ0) is 27.0. The first-order chi connectivity index (χ1) is 17.4. The van der Waals surface area contributed by atoms with E-state index >= 15 is 0 Å². The number of hydrogen-bond donors (Lipinski definition) is 3. The van der Waals surface area contributed by atoms with Gasteiger partial charge in [0.2, 0.25) is 0 Å². The maximum Gasteiger partial charge on any atom is 0.419 e. The van der Waals surface area contributed by atoms with E-state index in [1.54, 1.807) is 4.90 Å². The van der Waals surface area contributed by atoms with Gasteiger partial charge in [-0.25, -0.2) is 14.4 Å². The number of anilines is 2. The summed E-state index contributed by atoms with van der Waals surface area (Å²) in [5.41, 5.74) is -3.06. The van der Waals surface area contributed by atoms with Crippen molar-refractivity contribution in [3.8, 4) is 11.3 Å². The van der Waals surface area contributed by atoms with Crippen LogP contribution in [-0.4, -0.2) is 50.7 Å². The zero-order valence-corrected chi connectivity index (χ0v) is 20.4. The molecule has 0 bridgehead atoms. The molecule has 0 unspecified atom stereocenters. The van der Waals surface area contributed by atoms with Gasteiger partial charge in [0.15, 0.2) is 5.13 Å². The Morgan fingerprint density at radius 1 is 1.24 bits per heavy atom. The number of carbonyl (C=O) groups excluding carboxylic acids is 1. The zero-order valence-electron chi connectivity index (χ0n) is 18.9. The third-order valence-electron chi connectivity index (χ3n) is 5.86. The first-order valence-electron chi connectivity index (χ1n) is 10.8. The second kappa shape index (κ2) is 10.2. The number of aliphatic hydroxyl groups is 1. The number of carboxylic acids is 1. The van der Waals surface area contributed by atoms with Crippen molar-refractivity contribution in [3.05, 3.63) is 57.8 Å². The summed E-state index contributed by atoms with van der Waals surface area (Å²) in [6.07, 6.45) is -3.54. The Hall–Kier alpha value is -3.29. The van der Waals surface area contributed by atoms with Gasteiger partial charge in [-0.05, 0) is 31.0 Å². The van der Waals surface area contributed by atoms with Crippen molar-refractivity contribution >= 4 is 45.8 Å². The Kier molecular flexibility index (Phi) is 7.40. The summed E-state index contributed by atoms with van der Waals surface area (Å²) in [5.74, 6) is -2.81. The molecule has 37 heavy (non-hydrogen) atoms. The van der Waals surface area contributed by atoms with E-state index in [1.807, 2.05) is 0 Å². The third kappa shape index (κ3) is 6.00. The molecule has 0 spiro atoms. The lowest BCUT2D eigenvalue weighted by Gasteiger charge is -2.38. The fraction of sp³-hybridized carbons (Fsp3) is 0.304. The van der Waals surface area contributed by atoms with Gasteiger partial charge in [-0.1, -0.05) is 17.7 Å². The molecule has 0 radical (unpaired) electrons. The second-order valence-corrected chi connectivity index (χ2v) is 9.73. The van der Waals surface area contributed by atoms with Crippen LogP contribution in [0.3, 0.4) is 0 Å². The smallest absolute Gasteiger partial charge is 0.419 e. The SMILES string of the molecule is O=C(O)CC1(O)CCN(c2ncc(C(=O)Nc3nc(-c4cccc(C(F)(F)F)c4F)cs3)cc2Cl)CC1. The average molecular weight is 559 g/mol. The van der Waals surface area contributed by atoms with Gasteiger partial charge in [-0.15, -0.1) is 11.3 Å². The molecule has 0 atom stereocenters. The molecule has 3 N–H and O–H groups in total. The van der Waals surface area contributed by atoms with Crippen LogP contribution in [0.25, 0.3) is 11.3 Å². The van der Waals surface area contributed by atoms with Crippen LogP contribution in [0, 0.1) is 5.82 Å². The number of hydrogen-bond acceptors (Lipinski definition) is 7. The summed E-state index contributed by atoms with van der Waals surface area (Å²) < 4.78 is 53.4. The predicted octanol–water partition coefficient (Wildman–Crippen LogP) is 5.07. The van der Waals surface area contributed by atoms with Crippen LogP contribution in [0.5, 0.6) is 0 Å². The van der Waals surface area contributed by atoms with Crippen molar-refractivity contribution in [2.24, 2.45) is 0 Å². The van der Waals surface area contributed by atoms with E-state index in [-0.39, 0.29) is 46.2 Å². The van der Waals surface area contributed by atoms with Gasteiger partial charge in [0, 0.05) is 30.2 Å². The van der Waals surface area contributed by atoms with Crippen LogP contribution in [0.1, 0.15) is 35.2 Å². The lowest BCUT2D eigenvalue weighted by atomic mass is 9.88. The number of carbonyl (C=O) groups is 2. The summed E-state index contributed by atoms with van der Waals surface area (Å²) in [4.78, 5) is 33.7. The van der Waals surface area contributed by atoms with Gasteiger partial charge < -0.3 is 15.1 Å². The van der Waals surface area contributed by atoms with Crippen LogP contribution in [0.2, 0.25) is 5.02 Å². The summed E-state index contributed by atoms with van der Waals surface area (Å²) in [6.45, 7) is 0.631. The molecule has 0 aliphatic carbocycles. The van der Waals surface area contributed by atoms with Gasteiger partial charge in [0.1, 0.15) is 11.6 Å². The van der Waals surface area contributed by atoms with Crippen molar-refractivity contribution in [2.75, 3.05) is 23.3 Å². The Morgan fingerprint density at radius 2 is 1.95 bits per heavy atom. The highest BCUT2D eigenvalue weighted by atomic mass is 35.5. The van der Waals surface area contributed by atoms with Gasteiger partial charge in [0.05, 0.1) is 33.9 Å². The van der Waals surface area contributed by atoms with E-state index in [0.29, 0.717) is 25.0 Å². The molecule has 1 aliphatic heterocycles. The molecule has 0 saturated carbocycles. The van der Waals surface area contributed by atoms with Gasteiger partial charge in [-0.3, -0.25) is 14.9 Å². The van der Waals surface area contributed by atoms with Crippen LogP contribution in [0.4, 0.5) is 28.5 Å². The van der Waals surface area contributed by atoms with Crippen LogP contribution in [0.15, 0.2) is 35.8 Å². The number of carboxylic acid groups (broad SMARTS) is 1. The standard InChI is InChI=1S/C23H19ClF4N4O4S/c24-15-8-12(10-29-19(15)32-6-4-22(36,5-7-32)9-17(33)34)20(35)31-21-30-16(11-37-21)13-2-1-3-14(18(13)25)23(26,27)28/h1-3,8,10-11,36H,4-7,9H2,(H,33,34)(H,30,31,35). The van der Waals surface area contributed by atoms with Crippen LogP contribution < -0.4 is 10.2 Å². The van der Waals surface area contributed by atoms with E-state index in [1.165, 1.54) is 17.6 Å². The number of rotatable bonds is 6. The number of aliphatic carboxylic acids is 1. The Morgan fingerprint density at radius 3 is 2.57 bits per heavy atom. The predicted molar refractivity (Wildman–Crippen MR) is 128 cm³/mol. The first-order valence-corrected chi connectivity index (χ1v) is 12.1. The Balaban J connectivity index is 1.44. The van der Waals surface area contributed by atoms with Gasteiger partial charge in [0.25, 0.3) is 5.91 Å². The molecule has 1 aliphatic rings. The normalized spacial score (nSPS) is 15.5. The number of alkyl halides is 3. The number of benzene rings is 1. The summed E-state index contributed by atoms with van der Waals surface area (Å²) in [7, 11) is 0. The number of thiazole rings is 1. The van der Waals surface area contributed by atoms with Gasteiger partial charge >= 0.3 is 12.1 Å². The quantitative estimate of drug-likeness (QED) is 0.362. The largest absolute Gasteiger partial charge is 0.481 e. The number of nitrogens with zero attached hydrogens (tertiary/aromatic N) is 3. The molecule has 4 rings (SSSR count). The average Bonchev–Trinajstić information content (AvgIpc) is 3.26. The minimum Gasteiger partial charge on any atom is -0.481 e. The molecular formula is C23H19ClF4N4O4S. The molecule has 3 heterocycles. The first kappa shape index (κ1) is 26.8. The van der Waals surface area contributed by atoms with E-state index in [9.17, 15) is 32.3 Å². The van der Waals surface area contributed by atoms with Crippen molar-refractivity contribution in [2.45, 2.75) is 31.0 Å². The molecular weight excluding hydrogens is 540 g/mol. The maximum atomic E-state index is 14.4. The minimum absolute atomic E-state index is 0.0331. The van der Waals surface area contributed by atoms with Gasteiger partial charge in [-0.2, -0.15) is 13.2 Å². The fourth-order valence-electron chi connectivity index (χ4n) is 3.95. The molecule has 3 aromatic rings. The van der Waals surface area contributed by atoms with E-state index in [4.69, 9.17) is 16.7 Å². The van der Waals surface area contributed by atoms with E-state index in [2.05, 4.69) is 15.3 Å². The number of amides is 1. The molecule has 1 amide bonds. The highest BCUT2D eigenvalue weighted by Crippen LogP contribution is 2.36. The second-order valence-electron chi connectivity index (χ2n) is 8.47. The monoisotopic (exact) mass is 558 g/mol. The maximum absolute atomic E-state index is 14.4. The van der Waals surface area contributed by atoms with Crippen molar-refractivity contribution in [3.63, 3.8) is 0 Å². The Labute approximate surface area is 216 Å². The van der Waals surface area contributed by atoms with Crippen molar-refractivity contribution in [1.29, 1.82) is 0 Å².